The van der Waals surface area contributed by atoms with E-state index in [1.165, 1.54) is 11.6 Å². The maximum absolute atomic E-state index is 12.4. The van der Waals surface area contributed by atoms with Gasteiger partial charge in [0, 0.05) is 16.3 Å². The van der Waals surface area contributed by atoms with Crippen LogP contribution in [0.4, 0.5) is 5.69 Å². The molecule has 4 aromatic rings. The zero-order chi connectivity index (χ0) is 22.0. The fourth-order valence-electron chi connectivity index (χ4n) is 3.02. The third-order valence-corrected chi connectivity index (χ3v) is 5.40. The molecule has 0 radical (unpaired) electrons. The molecule has 8 heteroatoms. The molecule has 0 unspecified atom stereocenters. The zero-order valence-corrected chi connectivity index (χ0v) is 18.7. The van der Waals surface area contributed by atoms with Crippen molar-refractivity contribution in [2.24, 2.45) is 0 Å². The highest BCUT2D eigenvalue weighted by Crippen LogP contribution is 2.26. The minimum atomic E-state index is -0.422. The summed E-state index contributed by atoms with van der Waals surface area (Å²) in [7, 11) is 0. The highest BCUT2D eigenvalue weighted by atomic mass is 35.5. The Labute approximate surface area is 194 Å². The van der Waals surface area contributed by atoms with E-state index in [2.05, 4.69) is 22.5 Å². The van der Waals surface area contributed by atoms with Crippen molar-refractivity contribution in [2.75, 3.05) is 5.32 Å². The minimum Gasteiger partial charge on any atom is -0.436 e. The molecule has 0 aliphatic rings. The topological polar surface area (TPSA) is 67.2 Å². The molecular weight excluding hydrogens is 453 g/mol. The van der Waals surface area contributed by atoms with Gasteiger partial charge in [0.05, 0.1) is 10.6 Å². The lowest BCUT2D eigenvalue weighted by Crippen LogP contribution is -2.34. The lowest BCUT2D eigenvalue weighted by atomic mass is 10.1. The quantitative estimate of drug-likeness (QED) is 0.334. The molecule has 4 rings (SSSR count). The number of oxazole rings is 1. The van der Waals surface area contributed by atoms with Crippen LogP contribution in [0.3, 0.4) is 0 Å². The van der Waals surface area contributed by atoms with Crippen LogP contribution < -0.4 is 10.6 Å². The van der Waals surface area contributed by atoms with E-state index in [0.717, 1.165) is 23.1 Å². The van der Waals surface area contributed by atoms with Crippen LogP contribution in [0, 0.1) is 0 Å². The summed E-state index contributed by atoms with van der Waals surface area (Å²) < 4.78 is 5.86. The summed E-state index contributed by atoms with van der Waals surface area (Å²) in [6.07, 6.45) is 0.944. The Hall–Kier alpha value is -2.93. The predicted molar refractivity (Wildman–Crippen MR) is 129 cm³/mol. The molecule has 0 aliphatic heterocycles. The molecule has 0 aliphatic carbocycles. The Morgan fingerprint density at radius 3 is 2.55 bits per heavy atom. The van der Waals surface area contributed by atoms with Crippen LogP contribution in [0.1, 0.15) is 22.8 Å². The number of thiocarbonyl (C=S) groups is 1. The van der Waals surface area contributed by atoms with Crippen molar-refractivity contribution in [3.8, 4) is 11.5 Å². The van der Waals surface area contributed by atoms with Gasteiger partial charge in [0.15, 0.2) is 10.7 Å². The number of carbonyl (C=O) groups excluding carboxylic acids is 1. The van der Waals surface area contributed by atoms with Crippen LogP contribution >= 0.6 is 35.4 Å². The number of benzene rings is 3. The Bertz CT molecular complexity index is 1290. The van der Waals surface area contributed by atoms with Crippen molar-refractivity contribution < 1.29 is 9.21 Å². The van der Waals surface area contributed by atoms with Gasteiger partial charge in [-0.15, -0.1) is 0 Å². The second-order valence-electron chi connectivity index (χ2n) is 6.78. The van der Waals surface area contributed by atoms with Gasteiger partial charge >= 0.3 is 0 Å². The number of hydrogen-bond acceptors (Lipinski definition) is 4. The molecule has 0 bridgehead atoms. The molecule has 1 heterocycles. The summed E-state index contributed by atoms with van der Waals surface area (Å²) in [6.45, 7) is 2.10. The van der Waals surface area contributed by atoms with Gasteiger partial charge in [-0.1, -0.05) is 36.2 Å². The van der Waals surface area contributed by atoms with Crippen molar-refractivity contribution in [3.05, 3.63) is 81.8 Å². The van der Waals surface area contributed by atoms with E-state index in [4.69, 9.17) is 39.8 Å². The Kier molecular flexibility index (Phi) is 6.23. The number of hydrogen-bond donors (Lipinski definition) is 2. The third-order valence-electron chi connectivity index (χ3n) is 4.65. The monoisotopic (exact) mass is 469 g/mol. The molecule has 3 aromatic carbocycles. The number of nitrogens with one attached hydrogen (secondary N) is 2. The third kappa shape index (κ3) is 4.88. The number of aryl methyl sites for hydroxylation is 1. The first kappa shape index (κ1) is 21.3. The van der Waals surface area contributed by atoms with Crippen LogP contribution in [0.25, 0.3) is 22.6 Å². The average Bonchev–Trinajstić information content (AvgIpc) is 3.17. The van der Waals surface area contributed by atoms with Crippen molar-refractivity contribution in [1.82, 2.24) is 10.3 Å². The number of amides is 1. The molecule has 156 valence electrons. The standard InChI is InChI=1S/C23H17Cl2N3O2S/c1-2-13-3-10-20-19(11-13)27-22(30-20)14-4-7-16(8-5-14)26-23(31)28-21(29)17-9-6-15(24)12-18(17)25/h3-12H,2H2,1H3,(H2,26,28,29,31). The highest BCUT2D eigenvalue weighted by Gasteiger charge is 2.13. The number of fused-ring (bicyclic) bond motifs is 1. The maximum Gasteiger partial charge on any atom is 0.258 e. The summed E-state index contributed by atoms with van der Waals surface area (Å²) in [6, 6.07) is 18.0. The van der Waals surface area contributed by atoms with Crippen molar-refractivity contribution in [3.63, 3.8) is 0 Å². The molecule has 31 heavy (non-hydrogen) atoms. The summed E-state index contributed by atoms with van der Waals surface area (Å²) in [5.74, 6) is 0.122. The molecule has 1 aromatic heterocycles. The number of aromatic nitrogens is 1. The van der Waals surface area contributed by atoms with Crippen LogP contribution in [0.15, 0.2) is 65.1 Å². The zero-order valence-electron chi connectivity index (χ0n) is 16.4. The van der Waals surface area contributed by atoms with Gasteiger partial charge in [0.25, 0.3) is 5.91 Å². The summed E-state index contributed by atoms with van der Waals surface area (Å²) >= 11 is 17.2. The smallest absolute Gasteiger partial charge is 0.258 e. The maximum atomic E-state index is 12.4. The van der Waals surface area contributed by atoms with Crippen molar-refractivity contribution in [2.45, 2.75) is 13.3 Å². The summed E-state index contributed by atoms with van der Waals surface area (Å²) in [4.78, 5) is 16.9. The molecule has 5 nitrogen and oxygen atoms in total. The molecule has 2 N–H and O–H groups in total. The van der Waals surface area contributed by atoms with Gasteiger partial charge in [0.1, 0.15) is 5.52 Å². The van der Waals surface area contributed by atoms with E-state index < -0.39 is 5.91 Å². The van der Waals surface area contributed by atoms with Crippen LogP contribution in [-0.2, 0) is 6.42 Å². The van der Waals surface area contributed by atoms with E-state index in [1.807, 2.05) is 42.5 Å². The molecule has 0 spiro atoms. The Morgan fingerprint density at radius 2 is 1.84 bits per heavy atom. The second-order valence-corrected chi connectivity index (χ2v) is 8.04. The minimum absolute atomic E-state index is 0.151. The number of rotatable bonds is 4. The van der Waals surface area contributed by atoms with E-state index in [1.54, 1.807) is 12.1 Å². The first-order valence-electron chi connectivity index (χ1n) is 9.50. The van der Waals surface area contributed by atoms with Crippen LogP contribution in [0.5, 0.6) is 0 Å². The van der Waals surface area contributed by atoms with Crippen LogP contribution in [-0.4, -0.2) is 16.0 Å². The van der Waals surface area contributed by atoms with Gasteiger partial charge in [0.2, 0.25) is 5.89 Å². The molecule has 0 fully saturated rings. The van der Waals surface area contributed by atoms with E-state index >= 15 is 0 Å². The predicted octanol–water partition coefficient (Wildman–Crippen LogP) is 6.49. The van der Waals surface area contributed by atoms with E-state index in [0.29, 0.717) is 16.6 Å². The number of anilines is 1. The van der Waals surface area contributed by atoms with Gasteiger partial charge < -0.3 is 9.73 Å². The lowest BCUT2D eigenvalue weighted by Gasteiger charge is -2.10. The second kappa shape index (κ2) is 9.06. The largest absolute Gasteiger partial charge is 0.436 e. The molecular formula is C23H17Cl2N3O2S. The summed E-state index contributed by atoms with van der Waals surface area (Å²) in [5.41, 5.74) is 4.62. The van der Waals surface area contributed by atoms with E-state index in [-0.39, 0.29) is 15.7 Å². The fourth-order valence-corrected chi connectivity index (χ4v) is 3.72. The highest BCUT2D eigenvalue weighted by molar-refractivity contribution is 7.80. The van der Waals surface area contributed by atoms with Gasteiger partial charge in [-0.3, -0.25) is 10.1 Å². The number of halogens is 2. The van der Waals surface area contributed by atoms with E-state index in [9.17, 15) is 4.79 Å². The SMILES string of the molecule is CCc1ccc2oc(-c3ccc(NC(=S)NC(=O)c4ccc(Cl)cc4Cl)cc3)nc2c1. The van der Waals surface area contributed by atoms with Crippen molar-refractivity contribution >= 4 is 63.2 Å². The average molecular weight is 470 g/mol. The van der Waals surface area contributed by atoms with Gasteiger partial charge in [-0.05, 0) is 78.8 Å². The molecule has 0 saturated carbocycles. The first-order chi connectivity index (χ1) is 14.9. The Morgan fingerprint density at radius 1 is 1.06 bits per heavy atom. The Balaban J connectivity index is 1.43. The van der Waals surface area contributed by atoms with Crippen LogP contribution in [0.2, 0.25) is 10.0 Å². The molecule has 1 amide bonds. The normalized spacial score (nSPS) is 10.8. The molecule has 0 atom stereocenters. The van der Waals surface area contributed by atoms with Gasteiger partial charge in [-0.25, -0.2) is 4.98 Å². The lowest BCUT2D eigenvalue weighted by molar-refractivity contribution is 0.0978. The van der Waals surface area contributed by atoms with Crippen molar-refractivity contribution in [1.29, 1.82) is 0 Å². The van der Waals surface area contributed by atoms with Gasteiger partial charge in [-0.2, -0.15) is 0 Å². The summed E-state index contributed by atoms with van der Waals surface area (Å²) in [5, 5.41) is 6.43. The molecule has 0 saturated heterocycles. The number of nitrogens with zero attached hydrogens (tertiary/aromatic N) is 1. The first-order valence-corrected chi connectivity index (χ1v) is 10.7. The fraction of sp³-hybridized carbons (Fsp3) is 0.0870. The number of carbonyl (C=O) groups is 1.